The van der Waals surface area contributed by atoms with Crippen molar-refractivity contribution >= 4 is 50.2 Å². The highest BCUT2D eigenvalue weighted by atomic mass is 16.2. The van der Waals surface area contributed by atoms with Crippen molar-refractivity contribution in [1.29, 1.82) is 0 Å². The van der Waals surface area contributed by atoms with Crippen LogP contribution >= 0.6 is 0 Å². The normalized spacial score (nSPS) is 12.5. The number of carbonyl (C=O) groups is 3. The van der Waals surface area contributed by atoms with Crippen LogP contribution in [0.1, 0.15) is 40.7 Å². The van der Waals surface area contributed by atoms with Crippen LogP contribution in [0.15, 0.2) is 115 Å². The Bertz CT molecular complexity index is 2100. The van der Waals surface area contributed by atoms with E-state index in [2.05, 4.69) is 15.6 Å². The molecule has 1 heterocycles. The molecule has 0 saturated carbocycles. The second-order valence-corrected chi connectivity index (χ2v) is 12.8. The Labute approximate surface area is 292 Å². The van der Waals surface area contributed by atoms with E-state index in [9.17, 15) is 14.4 Å². The number of rotatable bonds is 15. The van der Waals surface area contributed by atoms with Gasteiger partial charge in [-0.15, -0.1) is 0 Å². The lowest BCUT2D eigenvalue weighted by Gasteiger charge is -2.29. The third-order valence-corrected chi connectivity index (χ3v) is 9.21. The number of hydrogen-bond donors (Lipinski definition) is 5. The fourth-order valence-electron chi connectivity index (χ4n) is 6.54. The molecule has 0 aliphatic heterocycles. The molecule has 0 radical (unpaired) electrons. The summed E-state index contributed by atoms with van der Waals surface area (Å²) in [7, 11) is 0. The number of amides is 3. The van der Waals surface area contributed by atoms with Crippen LogP contribution < -0.4 is 22.1 Å². The minimum absolute atomic E-state index is 0.0914. The molecule has 6 aromatic rings. The molecule has 2 atom stereocenters. The monoisotopic (exact) mass is 668 g/mol. The molecule has 0 aliphatic carbocycles. The molecule has 0 spiro atoms. The van der Waals surface area contributed by atoms with E-state index in [0.717, 1.165) is 56.4 Å². The van der Waals surface area contributed by atoms with E-state index < -0.39 is 12.1 Å². The van der Waals surface area contributed by atoms with E-state index in [0.29, 0.717) is 31.5 Å². The van der Waals surface area contributed by atoms with Crippen LogP contribution in [0.25, 0.3) is 32.4 Å². The summed E-state index contributed by atoms with van der Waals surface area (Å²) in [6.45, 7) is 0.741. The van der Waals surface area contributed by atoms with Gasteiger partial charge in [-0.05, 0) is 76.7 Å². The summed E-state index contributed by atoms with van der Waals surface area (Å²) in [6, 6.07) is 34.1. The van der Waals surface area contributed by atoms with Gasteiger partial charge in [0.1, 0.15) is 0 Å². The van der Waals surface area contributed by atoms with Crippen molar-refractivity contribution < 1.29 is 14.4 Å². The van der Waals surface area contributed by atoms with Gasteiger partial charge in [-0.1, -0.05) is 97.4 Å². The number of benzene rings is 5. The molecule has 0 saturated heterocycles. The van der Waals surface area contributed by atoms with Crippen LogP contribution in [0.5, 0.6) is 0 Å². The molecule has 50 heavy (non-hydrogen) atoms. The van der Waals surface area contributed by atoms with Gasteiger partial charge in [0.15, 0.2) is 0 Å². The van der Waals surface area contributed by atoms with Crippen molar-refractivity contribution in [1.82, 2.24) is 20.5 Å². The van der Waals surface area contributed by atoms with Crippen molar-refractivity contribution in [3.05, 3.63) is 132 Å². The van der Waals surface area contributed by atoms with E-state index in [1.807, 2.05) is 109 Å². The Balaban J connectivity index is 1.27. The highest BCUT2D eigenvalue weighted by molar-refractivity contribution is 6.00. The zero-order valence-electron chi connectivity index (χ0n) is 28.1. The van der Waals surface area contributed by atoms with Gasteiger partial charge in [0.2, 0.25) is 11.8 Å². The highest BCUT2D eigenvalue weighted by Gasteiger charge is 2.26. The first-order valence-corrected chi connectivity index (χ1v) is 17.2. The first kappa shape index (κ1) is 34.4. The predicted molar refractivity (Wildman–Crippen MR) is 200 cm³/mol. The fraction of sp³-hybridized carbons (Fsp3) is 0.244. The van der Waals surface area contributed by atoms with Gasteiger partial charge >= 0.3 is 0 Å². The van der Waals surface area contributed by atoms with Crippen molar-refractivity contribution in [2.75, 3.05) is 19.6 Å². The van der Waals surface area contributed by atoms with Gasteiger partial charge in [-0.2, -0.15) is 0 Å². The lowest BCUT2D eigenvalue weighted by molar-refractivity contribution is -0.123. The number of fused-ring (bicyclic) bond motifs is 3. The molecule has 0 unspecified atom stereocenters. The largest absolute Gasteiger partial charge is 0.361 e. The number of aromatic nitrogens is 1. The number of H-pyrrole nitrogens is 1. The maximum atomic E-state index is 14.3. The summed E-state index contributed by atoms with van der Waals surface area (Å²) < 4.78 is 0. The molecule has 3 amide bonds. The van der Waals surface area contributed by atoms with Crippen molar-refractivity contribution in [2.24, 2.45) is 11.5 Å². The second kappa shape index (κ2) is 16.3. The molecular formula is C41H44N6O3. The zero-order valence-corrected chi connectivity index (χ0v) is 28.1. The fourth-order valence-corrected chi connectivity index (χ4v) is 6.54. The molecule has 256 valence electrons. The van der Waals surface area contributed by atoms with Gasteiger partial charge in [-0.25, -0.2) is 0 Å². The first-order valence-electron chi connectivity index (χ1n) is 17.2. The Morgan fingerprint density at radius 2 is 1.48 bits per heavy atom. The summed E-state index contributed by atoms with van der Waals surface area (Å²) in [6.07, 6.45) is 4.37. The third-order valence-electron chi connectivity index (χ3n) is 9.21. The van der Waals surface area contributed by atoms with Crippen LogP contribution in [-0.4, -0.2) is 59.3 Å². The van der Waals surface area contributed by atoms with Crippen LogP contribution in [-0.2, 0) is 22.6 Å². The minimum atomic E-state index is -0.722. The van der Waals surface area contributed by atoms with Gasteiger partial charge < -0.3 is 32.0 Å². The van der Waals surface area contributed by atoms with Crippen molar-refractivity contribution in [2.45, 2.75) is 44.3 Å². The SMILES string of the molecule is NCCCC[C@H](N)C(=O)N[C@@H](Cc1c[nH]c2ccccc12)CN(CC(=O)NCc1cccc2ccccc12)C(=O)c1ccc2ccccc2c1. The number of nitrogens with zero attached hydrogens (tertiary/aromatic N) is 1. The van der Waals surface area contributed by atoms with Crippen LogP contribution in [0.3, 0.4) is 0 Å². The van der Waals surface area contributed by atoms with Gasteiger partial charge in [-0.3, -0.25) is 14.4 Å². The van der Waals surface area contributed by atoms with Gasteiger partial charge in [0.25, 0.3) is 5.91 Å². The van der Waals surface area contributed by atoms with E-state index in [4.69, 9.17) is 11.5 Å². The van der Waals surface area contributed by atoms with Crippen LogP contribution in [0, 0.1) is 0 Å². The van der Waals surface area contributed by atoms with Crippen molar-refractivity contribution in [3.63, 3.8) is 0 Å². The zero-order chi connectivity index (χ0) is 34.9. The molecule has 6 rings (SSSR count). The number of aromatic amines is 1. The second-order valence-electron chi connectivity index (χ2n) is 12.8. The van der Waals surface area contributed by atoms with Crippen LogP contribution in [0.4, 0.5) is 0 Å². The average molecular weight is 669 g/mol. The number of unbranched alkanes of at least 4 members (excludes halogenated alkanes) is 1. The van der Waals surface area contributed by atoms with E-state index in [1.54, 1.807) is 6.07 Å². The Morgan fingerprint density at radius 1 is 0.760 bits per heavy atom. The smallest absolute Gasteiger partial charge is 0.254 e. The molecule has 0 fully saturated rings. The van der Waals surface area contributed by atoms with Crippen LogP contribution in [0.2, 0.25) is 0 Å². The average Bonchev–Trinajstić information content (AvgIpc) is 3.55. The molecule has 0 aliphatic rings. The Hall–Kier alpha value is -5.51. The number of nitrogens with one attached hydrogen (secondary N) is 3. The molecule has 9 nitrogen and oxygen atoms in total. The molecule has 1 aromatic heterocycles. The van der Waals surface area contributed by atoms with E-state index in [-0.39, 0.29) is 30.8 Å². The number of carbonyl (C=O) groups excluding carboxylic acids is 3. The van der Waals surface area contributed by atoms with Gasteiger partial charge in [0, 0.05) is 35.8 Å². The summed E-state index contributed by atoms with van der Waals surface area (Å²) in [5.41, 5.74) is 15.4. The van der Waals surface area contributed by atoms with Gasteiger partial charge in [0.05, 0.1) is 18.6 Å². The number of para-hydroxylation sites is 1. The number of nitrogens with two attached hydrogens (primary N) is 2. The highest BCUT2D eigenvalue weighted by Crippen LogP contribution is 2.22. The number of hydrogen-bond acceptors (Lipinski definition) is 5. The minimum Gasteiger partial charge on any atom is -0.361 e. The summed E-state index contributed by atoms with van der Waals surface area (Å²) in [5.74, 6) is -0.908. The molecule has 7 N–H and O–H groups in total. The first-order chi connectivity index (χ1) is 24.4. The maximum Gasteiger partial charge on any atom is 0.254 e. The third kappa shape index (κ3) is 8.37. The topological polar surface area (TPSA) is 146 Å². The predicted octanol–water partition coefficient (Wildman–Crippen LogP) is 5.42. The van der Waals surface area contributed by atoms with E-state index >= 15 is 0 Å². The summed E-state index contributed by atoms with van der Waals surface area (Å²) in [5, 5.41) is 11.3. The quantitative estimate of drug-likeness (QED) is 0.0929. The summed E-state index contributed by atoms with van der Waals surface area (Å²) >= 11 is 0. The molecule has 9 heteroatoms. The Morgan fingerprint density at radius 3 is 2.30 bits per heavy atom. The summed E-state index contributed by atoms with van der Waals surface area (Å²) in [4.78, 5) is 46.2. The van der Waals surface area contributed by atoms with Crippen molar-refractivity contribution in [3.8, 4) is 0 Å². The lowest BCUT2D eigenvalue weighted by atomic mass is 10.0. The maximum absolute atomic E-state index is 14.3. The lowest BCUT2D eigenvalue weighted by Crippen LogP contribution is -2.52. The Kier molecular flexibility index (Phi) is 11.2. The standard InChI is InChI=1S/C41H44N6O3/c42-21-8-7-17-37(43)40(49)46-34(23-33-25-44-38-18-6-5-16-36(33)38)26-47(41(50)31-20-19-28-10-1-2-12-30(28)22-31)27-39(48)45-24-32-14-9-13-29-11-3-4-15-35(29)32/h1-6,9-16,18-20,22,25,34,37,44H,7-8,17,21,23-24,26-27,42-43H2,(H,45,48)(H,46,49)/t34-,37-/m0/s1. The molecular weight excluding hydrogens is 624 g/mol. The molecule has 0 bridgehead atoms. The van der Waals surface area contributed by atoms with E-state index in [1.165, 1.54) is 4.90 Å². The molecule has 5 aromatic carbocycles.